The van der Waals surface area contributed by atoms with Crippen molar-refractivity contribution in [1.29, 1.82) is 0 Å². The number of unbranched alkanes of at least 4 members (excludes halogenated alkanes) is 14. The highest BCUT2D eigenvalue weighted by atomic mass is 35.6. The molecule has 4 nitrogen and oxygen atoms in total. The Morgan fingerprint density at radius 3 is 1.65 bits per heavy atom. The van der Waals surface area contributed by atoms with Gasteiger partial charge in [-0.2, -0.15) is 0 Å². The summed E-state index contributed by atoms with van der Waals surface area (Å²) in [6.07, 6.45) is 19.5. The minimum absolute atomic E-state index is 0.0440. The predicted octanol–water partition coefficient (Wildman–Crippen LogP) is 7.39. The van der Waals surface area contributed by atoms with Gasteiger partial charge in [-0.1, -0.05) is 132 Å². The highest BCUT2D eigenvalue weighted by molar-refractivity contribution is 6.68. The Kier molecular flexibility index (Phi) is 17.6. The van der Waals surface area contributed by atoms with Crippen LogP contribution in [0.4, 0.5) is 0 Å². The fourth-order valence-corrected chi connectivity index (χ4v) is 4.68. The van der Waals surface area contributed by atoms with Crippen LogP contribution in [0.3, 0.4) is 0 Å². The van der Waals surface area contributed by atoms with Gasteiger partial charge in [0.1, 0.15) is 6.17 Å². The van der Waals surface area contributed by atoms with E-state index in [-0.39, 0.29) is 5.91 Å². The van der Waals surface area contributed by atoms with Crippen LogP contribution in [-0.2, 0) is 9.53 Å². The Hall–Kier alpha value is 0.260. The van der Waals surface area contributed by atoms with Gasteiger partial charge in [0.2, 0.25) is 9.70 Å². The molecular formula is C24H45Cl3N2O2. The van der Waals surface area contributed by atoms with Crippen molar-refractivity contribution in [3.05, 3.63) is 0 Å². The molecule has 0 aliphatic carbocycles. The summed E-state index contributed by atoms with van der Waals surface area (Å²) in [5.41, 5.74) is 0. The molecule has 1 aliphatic heterocycles. The number of carbonyl (C=O) groups excluding carboxylic acids is 1. The zero-order valence-corrected chi connectivity index (χ0v) is 21.9. The van der Waals surface area contributed by atoms with Crippen molar-refractivity contribution >= 4 is 40.7 Å². The van der Waals surface area contributed by atoms with E-state index in [1.165, 1.54) is 83.5 Å². The number of amides is 1. The number of nitrogens with zero attached hydrogens (tertiary/aromatic N) is 1. The predicted molar refractivity (Wildman–Crippen MR) is 134 cm³/mol. The van der Waals surface area contributed by atoms with Gasteiger partial charge in [-0.05, 0) is 6.42 Å². The summed E-state index contributed by atoms with van der Waals surface area (Å²) >= 11 is 18.3. The van der Waals surface area contributed by atoms with E-state index in [0.717, 1.165) is 12.8 Å². The van der Waals surface area contributed by atoms with E-state index < -0.39 is 9.96 Å². The Morgan fingerprint density at radius 2 is 1.23 bits per heavy atom. The second-order valence-corrected chi connectivity index (χ2v) is 11.2. The molecular weight excluding hydrogens is 455 g/mol. The van der Waals surface area contributed by atoms with Gasteiger partial charge in [-0.15, -0.1) is 0 Å². The lowest BCUT2D eigenvalue weighted by Crippen LogP contribution is -2.58. The third-order valence-electron chi connectivity index (χ3n) is 6.03. The number of carbonyl (C=O) groups is 1. The highest BCUT2D eigenvalue weighted by Gasteiger charge is 2.38. The molecule has 1 heterocycles. The molecule has 1 atom stereocenters. The summed E-state index contributed by atoms with van der Waals surface area (Å²) in [4.78, 5) is 14.3. The van der Waals surface area contributed by atoms with E-state index in [4.69, 9.17) is 39.5 Å². The Bertz CT molecular complexity index is 441. The summed E-state index contributed by atoms with van der Waals surface area (Å²) in [5.74, 6) is -0.0440. The second-order valence-electron chi connectivity index (χ2n) is 8.86. The molecule has 1 rings (SSSR count). The fourth-order valence-electron chi connectivity index (χ4n) is 4.10. The molecule has 1 saturated heterocycles. The summed E-state index contributed by atoms with van der Waals surface area (Å²) in [5, 5.41) is 2.91. The first-order valence-electron chi connectivity index (χ1n) is 12.6. The molecule has 7 heteroatoms. The van der Waals surface area contributed by atoms with Crippen molar-refractivity contribution in [1.82, 2.24) is 10.2 Å². The number of rotatable bonds is 18. The van der Waals surface area contributed by atoms with Crippen molar-refractivity contribution in [2.45, 2.75) is 120 Å². The van der Waals surface area contributed by atoms with Gasteiger partial charge < -0.3 is 10.1 Å². The first kappa shape index (κ1) is 29.3. The van der Waals surface area contributed by atoms with Crippen LogP contribution in [0.1, 0.15) is 110 Å². The zero-order chi connectivity index (χ0) is 22.8. The van der Waals surface area contributed by atoms with Crippen LogP contribution >= 0.6 is 34.8 Å². The summed E-state index contributed by atoms with van der Waals surface area (Å²) in [6.45, 7) is 4.75. The zero-order valence-electron chi connectivity index (χ0n) is 19.6. The number of morpholine rings is 1. The average Bonchev–Trinajstić information content (AvgIpc) is 2.74. The number of alkyl halides is 3. The van der Waals surface area contributed by atoms with Crippen LogP contribution in [0, 0.1) is 0 Å². The van der Waals surface area contributed by atoms with E-state index in [1.807, 2.05) is 4.90 Å². The number of hydrogen-bond donors (Lipinski definition) is 1. The van der Waals surface area contributed by atoms with Crippen LogP contribution in [-0.4, -0.2) is 47.1 Å². The third-order valence-corrected chi connectivity index (χ3v) is 6.65. The molecule has 0 aromatic rings. The lowest BCUT2D eigenvalue weighted by molar-refractivity contribution is -0.123. The smallest absolute Gasteiger partial charge is 0.223 e. The van der Waals surface area contributed by atoms with Crippen molar-refractivity contribution < 1.29 is 9.53 Å². The minimum Gasteiger partial charge on any atom is -0.379 e. The molecule has 0 bridgehead atoms. The molecule has 31 heavy (non-hydrogen) atoms. The summed E-state index contributed by atoms with van der Waals surface area (Å²) in [7, 11) is 0. The second kappa shape index (κ2) is 18.7. The van der Waals surface area contributed by atoms with Gasteiger partial charge in [0, 0.05) is 19.5 Å². The molecule has 0 aromatic heterocycles. The van der Waals surface area contributed by atoms with E-state index in [9.17, 15) is 4.79 Å². The maximum atomic E-state index is 12.3. The molecule has 0 aromatic carbocycles. The Labute approximate surface area is 206 Å². The quantitative estimate of drug-likeness (QED) is 0.158. The van der Waals surface area contributed by atoms with Gasteiger partial charge in [-0.3, -0.25) is 9.69 Å². The standard InChI is InChI=1S/C24H45Cl3N2O2/c1-2-3-4-5-6-7-8-9-10-11-12-13-14-15-16-17-22(30)28-23(24(25,26)27)29-18-20-31-21-19-29/h23H,2-21H2,1H3,(H,28,30). The van der Waals surface area contributed by atoms with Crippen molar-refractivity contribution in [3.63, 3.8) is 0 Å². The molecule has 1 aliphatic rings. The molecule has 184 valence electrons. The van der Waals surface area contributed by atoms with Crippen molar-refractivity contribution in [3.8, 4) is 0 Å². The lowest BCUT2D eigenvalue weighted by atomic mass is 10.0. The number of nitrogens with one attached hydrogen (secondary N) is 1. The van der Waals surface area contributed by atoms with Crippen LogP contribution < -0.4 is 5.32 Å². The van der Waals surface area contributed by atoms with Crippen molar-refractivity contribution in [2.75, 3.05) is 26.3 Å². The van der Waals surface area contributed by atoms with E-state index in [1.54, 1.807) is 0 Å². The maximum Gasteiger partial charge on any atom is 0.223 e. The van der Waals surface area contributed by atoms with Gasteiger partial charge in [-0.25, -0.2) is 0 Å². The lowest BCUT2D eigenvalue weighted by Gasteiger charge is -2.38. The SMILES string of the molecule is CCCCCCCCCCCCCCCCCC(=O)NC(N1CCOCC1)C(Cl)(Cl)Cl. The first-order chi connectivity index (χ1) is 14.9. The van der Waals surface area contributed by atoms with Crippen LogP contribution in [0.25, 0.3) is 0 Å². The van der Waals surface area contributed by atoms with Crippen LogP contribution in [0.5, 0.6) is 0 Å². The largest absolute Gasteiger partial charge is 0.379 e. The Morgan fingerprint density at radius 1 is 0.806 bits per heavy atom. The number of hydrogen-bond acceptors (Lipinski definition) is 3. The topological polar surface area (TPSA) is 41.6 Å². The average molecular weight is 500 g/mol. The number of halogens is 3. The maximum absolute atomic E-state index is 12.3. The molecule has 0 radical (unpaired) electrons. The van der Waals surface area contributed by atoms with Crippen molar-refractivity contribution in [2.24, 2.45) is 0 Å². The molecule has 1 fully saturated rings. The minimum atomic E-state index is -1.55. The van der Waals surface area contributed by atoms with Gasteiger partial charge in [0.05, 0.1) is 13.2 Å². The van der Waals surface area contributed by atoms with E-state index in [2.05, 4.69) is 12.2 Å². The normalized spacial score (nSPS) is 16.4. The summed E-state index contributed by atoms with van der Waals surface area (Å²) < 4.78 is 3.79. The van der Waals surface area contributed by atoms with Gasteiger partial charge in [0.25, 0.3) is 0 Å². The molecule has 1 unspecified atom stereocenters. The van der Waals surface area contributed by atoms with E-state index >= 15 is 0 Å². The number of ether oxygens (including phenoxy) is 1. The monoisotopic (exact) mass is 498 g/mol. The molecule has 0 saturated carbocycles. The van der Waals surface area contributed by atoms with Gasteiger partial charge >= 0.3 is 0 Å². The van der Waals surface area contributed by atoms with Crippen LogP contribution in [0.2, 0.25) is 0 Å². The molecule has 1 amide bonds. The third kappa shape index (κ3) is 15.7. The molecule has 1 N–H and O–H groups in total. The fraction of sp³-hybridized carbons (Fsp3) is 0.958. The first-order valence-corrected chi connectivity index (χ1v) is 13.8. The molecule has 0 spiro atoms. The summed E-state index contributed by atoms with van der Waals surface area (Å²) in [6, 6.07) is 0. The Balaban J connectivity index is 1.97. The van der Waals surface area contributed by atoms with E-state index in [0.29, 0.717) is 32.7 Å². The van der Waals surface area contributed by atoms with Gasteiger partial charge in [0.15, 0.2) is 0 Å². The van der Waals surface area contributed by atoms with Crippen LogP contribution in [0.15, 0.2) is 0 Å². The highest BCUT2D eigenvalue weighted by Crippen LogP contribution is 2.32.